The molecule has 0 saturated heterocycles. The van der Waals surface area contributed by atoms with Crippen molar-refractivity contribution in [3.05, 3.63) is 61.8 Å². The van der Waals surface area contributed by atoms with Crippen LogP contribution in [0.4, 0.5) is 0 Å². The monoisotopic (exact) mass is 383 g/mol. The average Bonchev–Trinajstić information content (AvgIpc) is 3.29. The SMILES string of the molecule is CCc1ccc(S(=O)(=O)N(Cc2cccs2)Cc2cccs2)s1. The number of sulfonamides is 1. The van der Waals surface area contributed by atoms with Gasteiger partial charge in [0.15, 0.2) is 0 Å². The summed E-state index contributed by atoms with van der Waals surface area (Å²) in [4.78, 5) is 3.20. The number of hydrogen-bond donors (Lipinski definition) is 0. The molecule has 0 saturated carbocycles. The van der Waals surface area contributed by atoms with Gasteiger partial charge in [0.1, 0.15) is 4.21 Å². The molecule has 7 heteroatoms. The molecule has 23 heavy (non-hydrogen) atoms. The van der Waals surface area contributed by atoms with Crippen LogP contribution >= 0.6 is 34.0 Å². The summed E-state index contributed by atoms with van der Waals surface area (Å²) in [5.41, 5.74) is 0. The molecule has 0 bridgehead atoms. The van der Waals surface area contributed by atoms with E-state index in [0.29, 0.717) is 17.3 Å². The molecular weight excluding hydrogens is 366 g/mol. The van der Waals surface area contributed by atoms with Crippen LogP contribution in [0.1, 0.15) is 21.6 Å². The van der Waals surface area contributed by atoms with Gasteiger partial charge in [-0.25, -0.2) is 8.42 Å². The first-order chi connectivity index (χ1) is 11.1. The first-order valence-corrected chi connectivity index (χ1v) is 11.2. The summed E-state index contributed by atoms with van der Waals surface area (Å²) < 4.78 is 28.1. The second-order valence-electron chi connectivity index (χ2n) is 5.01. The predicted molar refractivity (Wildman–Crippen MR) is 98.8 cm³/mol. The minimum absolute atomic E-state index is 0.414. The van der Waals surface area contributed by atoms with Crippen LogP contribution in [0.15, 0.2) is 51.4 Å². The fourth-order valence-electron chi connectivity index (χ4n) is 2.19. The van der Waals surface area contributed by atoms with Crippen molar-refractivity contribution >= 4 is 44.0 Å². The number of hydrogen-bond acceptors (Lipinski definition) is 5. The Morgan fingerprint density at radius 2 is 1.52 bits per heavy atom. The minimum Gasteiger partial charge on any atom is -0.206 e. The van der Waals surface area contributed by atoms with E-state index in [9.17, 15) is 8.42 Å². The Kier molecular flexibility index (Phi) is 5.33. The van der Waals surface area contributed by atoms with Crippen LogP contribution in [0.2, 0.25) is 0 Å². The number of nitrogens with zero attached hydrogens (tertiary/aromatic N) is 1. The highest BCUT2D eigenvalue weighted by molar-refractivity contribution is 7.91. The Balaban J connectivity index is 1.92. The first-order valence-electron chi connectivity index (χ1n) is 7.23. The standard InChI is InChI=1S/C16H17NO2S4/c1-2-13-7-8-16(22-13)23(18,19)17(11-14-5-3-9-20-14)12-15-6-4-10-21-15/h3-10H,2,11-12H2,1H3. The Morgan fingerprint density at radius 1 is 0.913 bits per heavy atom. The maximum absolute atomic E-state index is 13.1. The van der Waals surface area contributed by atoms with Gasteiger partial charge in [-0.15, -0.1) is 34.0 Å². The molecule has 3 rings (SSSR count). The molecule has 0 N–H and O–H groups in total. The van der Waals surface area contributed by atoms with Gasteiger partial charge in [0.2, 0.25) is 0 Å². The normalized spacial score (nSPS) is 12.1. The molecule has 0 atom stereocenters. The van der Waals surface area contributed by atoms with Crippen molar-refractivity contribution in [2.75, 3.05) is 0 Å². The highest BCUT2D eigenvalue weighted by Gasteiger charge is 2.27. The van der Waals surface area contributed by atoms with Crippen LogP contribution in [-0.2, 0) is 29.5 Å². The Morgan fingerprint density at radius 3 is 1.96 bits per heavy atom. The fourth-order valence-corrected chi connectivity index (χ4v) is 6.64. The molecule has 0 spiro atoms. The van der Waals surface area contributed by atoms with E-state index in [1.165, 1.54) is 11.3 Å². The molecule has 3 aromatic heterocycles. The summed E-state index contributed by atoms with van der Waals surface area (Å²) in [6, 6.07) is 11.5. The van der Waals surface area contributed by atoms with E-state index in [1.807, 2.05) is 48.0 Å². The Bertz CT molecular complexity index is 796. The third-order valence-corrected chi connectivity index (χ3v) is 8.62. The Labute approximate surface area is 148 Å². The van der Waals surface area contributed by atoms with E-state index in [2.05, 4.69) is 0 Å². The summed E-state index contributed by atoms with van der Waals surface area (Å²) in [7, 11) is -3.48. The van der Waals surface area contributed by atoms with Crippen molar-refractivity contribution < 1.29 is 8.42 Å². The van der Waals surface area contributed by atoms with Crippen LogP contribution in [0.3, 0.4) is 0 Å². The van der Waals surface area contributed by atoms with Crippen LogP contribution in [0.5, 0.6) is 0 Å². The second kappa shape index (κ2) is 7.27. The van der Waals surface area contributed by atoms with Crippen LogP contribution in [0, 0.1) is 0 Å². The van der Waals surface area contributed by atoms with Gasteiger partial charge in [0.05, 0.1) is 0 Å². The largest absolute Gasteiger partial charge is 0.253 e. The third kappa shape index (κ3) is 3.92. The molecule has 0 aliphatic carbocycles. The zero-order valence-electron chi connectivity index (χ0n) is 12.6. The number of rotatable bonds is 7. The predicted octanol–water partition coefficient (Wildman–Crippen LogP) is 4.82. The lowest BCUT2D eigenvalue weighted by atomic mass is 10.4. The molecular formula is C16H17NO2S4. The van der Waals surface area contributed by atoms with Crippen molar-refractivity contribution in [1.82, 2.24) is 4.31 Å². The van der Waals surface area contributed by atoms with Crippen LogP contribution in [-0.4, -0.2) is 12.7 Å². The van der Waals surface area contributed by atoms with E-state index < -0.39 is 10.0 Å². The lowest BCUT2D eigenvalue weighted by Crippen LogP contribution is -2.29. The van der Waals surface area contributed by atoms with E-state index in [1.54, 1.807) is 33.0 Å². The maximum atomic E-state index is 13.1. The summed E-state index contributed by atoms with van der Waals surface area (Å²) in [5.74, 6) is 0. The van der Waals surface area contributed by atoms with Crippen LogP contribution < -0.4 is 0 Å². The van der Waals surface area contributed by atoms with Gasteiger partial charge in [-0.1, -0.05) is 19.1 Å². The van der Waals surface area contributed by atoms with E-state index in [4.69, 9.17) is 0 Å². The van der Waals surface area contributed by atoms with Crippen molar-refractivity contribution in [3.63, 3.8) is 0 Å². The fraction of sp³-hybridized carbons (Fsp3) is 0.250. The van der Waals surface area contributed by atoms with Crippen molar-refractivity contribution in [3.8, 4) is 0 Å². The van der Waals surface area contributed by atoms with Gasteiger partial charge in [-0.05, 0) is 41.4 Å². The molecule has 0 radical (unpaired) electrons. The lowest BCUT2D eigenvalue weighted by Gasteiger charge is -2.20. The maximum Gasteiger partial charge on any atom is 0.253 e. The first kappa shape index (κ1) is 16.9. The third-order valence-electron chi connectivity index (χ3n) is 3.40. The van der Waals surface area contributed by atoms with Crippen molar-refractivity contribution in [2.24, 2.45) is 0 Å². The molecule has 0 unspecified atom stereocenters. The highest BCUT2D eigenvalue weighted by atomic mass is 32.2. The average molecular weight is 384 g/mol. The zero-order valence-corrected chi connectivity index (χ0v) is 15.9. The smallest absolute Gasteiger partial charge is 0.206 e. The van der Waals surface area contributed by atoms with Gasteiger partial charge in [0.25, 0.3) is 10.0 Å². The minimum atomic E-state index is -3.48. The van der Waals surface area contributed by atoms with Gasteiger partial charge >= 0.3 is 0 Å². The molecule has 0 fully saturated rings. The van der Waals surface area contributed by atoms with Crippen LogP contribution in [0.25, 0.3) is 0 Å². The van der Waals surface area contributed by atoms with E-state index >= 15 is 0 Å². The molecule has 122 valence electrons. The quantitative estimate of drug-likeness (QED) is 0.586. The highest BCUT2D eigenvalue weighted by Crippen LogP contribution is 2.29. The van der Waals surface area contributed by atoms with Gasteiger partial charge in [-0.2, -0.15) is 4.31 Å². The number of aryl methyl sites for hydroxylation is 1. The summed E-state index contributed by atoms with van der Waals surface area (Å²) in [6.45, 7) is 2.87. The van der Waals surface area contributed by atoms with Gasteiger partial charge < -0.3 is 0 Å². The second-order valence-corrected chi connectivity index (χ2v) is 10.4. The summed E-state index contributed by atoms with van der Waals surface area (Å²) >= 11 is 4.54. The zero-order chi connectivity index (χ0) is 16.3. The van der Waals surface area contributed by atoms with Crippen molar-refractivity contribution in [2.45, 2.75) is 30.6 Å². The molecule has 0 aliphatic rings. The Hall–Kier alpha value is -0.990. The topological polar surface area (TPSA) is 37.4 Å². The van der Waals surface area contributed by atoms with E-state index in [0.717, 1.165) is 21.1 Å². The van der Waals surface area contributed by atoms with E-state index in [-0.39, 0.29) is 0 Å². The molecule has 0 aliphatic heterocycles. The van der Waals surface area contributed by atoms with Gasteiger partial charge in [0, 0.05) is 27.7 Å². The lowest BCUT2D eigenvalue weighted by molar-refractivity contribution is 0.408. The van der Waals surface area contributed by atoms with Crippen molar-refractivity contribution in [1.29, 1.82) is 0 Å². The molecule has 3 heterocycles. The molecule has 0 amide bonds. The van der Waals surface area contributed by atoms with Gasteiger partial charge in [-0.3, -0.25) is 0 Å². The molecule has 3 nitrogen and oxygen atoms in total. The number of thiophene rings is 3. The molecule has 0 aromatic carbocycles. The molecule has 3 aromatic rings. The summed E-state index contributed by atoms with van der Waals surface area (Å²) in [5, 5.41) is 3.96. The summed E-state index contributed by atoms with van der Waals surface area (Å²) in [6.07, 6.45) is 0.857.